The number of nitrogens with zero attached hydrogens (tertiary/aromatic N) is 1. The Morgan fingerprint density at radius 3 is 1.56 bits per heavy atom. The van der Waals surface area contributed by atoms with Crippen molar-refractivity contribution in [1.29, 1.82) is 0 Å². The van der Waals surface area contributed by atoms with E-state index in [0.717, 1.165) is 70.6 Å². The van der Waals surface area contributed by atoms with E-state index < -0.39 is 18.1 Å². The van der Waals surface area contributed by atoms with Gasteiger partial charge < -0.3 is 23.8 Å². The first-order valence-electron chi connectivity index (χ1n) is 21.3. The molecule has 0 aromatic heterocycles. The van der Waals surface area contributed by atoms with Crippen molar-refractivity contribution in [2.45, 2.75) is 174 Å². The van der Waals surface area contributed by atoms with Crippen LogP contribution in [0.3, 0.4) is 0 Å². The zero-order chi connectivity index (χ0) is 40.0. The number of carbonyl (C=O) groups is 3. The number of unbranched alkanes of at least 4 members (excludes halogenated alkanes) is 13. The monoisotopic (exact) mass is 759 g/mol. The molecule has 8 nitrogen and oxygen atoms in total. The number of esters is 2. The van der Waals surface area contributed by atoms with Crippen LogP contribution in [0, 0.1) is 0 Å². The summed E-state index contributed by atoms with van der Waals surface area (Å²) >= 11 is 0. The Kier molecular flexibility index (Phi) is 34.9. The van der Waals surface area contributed by atoms with Crippen molar-refractivity contribution in [2.75, 3.05) is 41.0 Å². The Bertz CT molecular complexity index is 1070. The highest BCUT2D eigenvalue weighted by Crippen LogP contribution is 2.12. The molecule has 2 unspecified atom stereocenters. The van der Waals surface area contributed by atoms with Crippen molar-refractivity contribution in [3.63, 3.8) is 0 Å². The molecule has 0 heterocycles. The van der Waals surface area contributed by atoms with E-state index in [9.17, 15) is 19.5 Å². The number of carbonyl (C=O) groups excluding carboxylic acids is 2. The minimum atomic E-state index is -0.884. The number of rotatable bonds is 37. The number of aliphatic carboxylic acids is 1. The maximum absolute atomic E-state index is 12.7. The minimum absolute atomic E-state index is 0.0424. The molecular formula is C46H80NO7+. The Balaban J connectivity index is 4.37. The maximum atomic E-state index is 12.7. The van der Waals surface area contributed by atoms with Gasteiger partial charge in [-0.3, -0.25) is 9.59 Å². The molecule has 54 heavy (non-hydrogen) atoms. The highest BCUT2D eigenvalue weighted by Gasteiger charge is 2.31. The first kappa shape index (κ1) is 51.0. The van der Waals surface area contributed by atoms with Gasteiger partial charge in [0, 0.05) is 19.3 Å². The predicted octanol–water partition coefficient (Wildman–Crippen LogP) is 11.4. The Hall–Kier alpha value is -2.97. The molecule has 0 aromatic rings. The van der Waals surface area contributed by atoms with E-state index in [2.05, 4.69) is 74.6 Å². The van der Waals surface area contributed by atoms with Crippen molar-refractivity contribution in [3.8, 4) is 0 Å². The van der Waals surface area contributed by atoms with Gasteiger partial charge >= 0.3 is 17.9 Å². The van der Waals surface area contributed by atoms with Gasteiger partial charge in [0.25, 0.3) is 0 Å². The molecule has 0 aromatic carbocycles. The summed E-state index contributed by atoms with van der Waals surface area (Å²) in [5.41, 5.74) is 0. The topological polar surface area (TPSA) is 99.1 Å². The normalized spacial score (nSPS) is 13.6. The molecule has 2 atom stereocenters. The third-order valence-electron chi connectivity index (χ3n) is 9.14. The van der Waals surface area contributed by atoms with Crippen LogP contribution >= 0.6 is 0 Å². The van der Waals surface area contributed by atoms with E-state index in [-0.39, 0.29) is 36.2 Å². The number of hydrogen-bond donors (Lipinski definition) is 1. The van der Waals surface area contributed by atoms with Crippen LogP contribution in [0.5, 0.6) is 0 Å². The predicted molar refractivity (Wildman–Crippen MR) is 224 cm³/mol. The van der Waals surface area contributed by atoms with Crippen LogP contribution in [0.4, 0.5) is 0 Å². The summed E-state index contributed by atoms with van der Waals surface area (Å²) in [5, 5.41) is 9.59. The Morgan fingerprint density at radius 1 is 0.556 bits per heavy atom. The summed E-state index contributed by atoms with van der Waals surface area (Å²) in [6, 6.07) is -0.623. The molecule has 1 N–H and O–H groups in total. The van der Waals surface area contributed by atoms with Crippen LogP contribution < -0.4 is 0 Å². The highest BCUT2D eigenvalue weighted by molar-refractivity contribution is 5.72. The van der Waals surface area contributed by atoms with E-state index in [1.807, 2.05) is 21.1 Å². The molecule has 0 fully saturated rings. The quantitative estimate of drug-likeness (QED) is 0.0291. The van der Waals surface area contributed by atoms with Gasteiger partial charge in [-0.2, -0.15) is 0 Å². The lowest BCUT2D eigenvalue weighted by atomic mass is 10.1. The summed E-state index contributed by atoms with van der Waals surface area (Å²) in [6.45, 7) is 4.60. The molecule has 0 aliphatic carbocycles. The number of quaternary nitrogens is 1. The third kappa shape index (κ3) is 34.8. The van der Waals surface area contributed by atoms with Crippen molar-refractivity contribution in [3.05, 3.63) is 60.8 Å². The summed E-state index contributed by atoms with van der Waals surface area (Å²) in [6.07, 6.45) is 44.2. The largest absolute Gasteiger partial charge is 0.477 e. The molecule has 0 saturated heterocycles. The highest BCUT2D eigenvalue weighted by atomic mass is 16.6. The lowest BCUT2D eigenvalue weighted by Gasteiger charge is -2.31. The summed E-state index contributed by atoms with van der Waals surface area (Å²) < 4.78 is 17.2. The van der Waals surface area contributed by atoms with Gasteiger partial charge in [-0.25, -0.2) is 4.79 Å². The number of carboxylic acid groups (broad SMARTS) is 1. The van der Waals surface area contributed by atoms with Gasteiger partial charge in [-0.1, -0.05) is 126 Å². The molecule has 0 aliphatic rings. The van der Waals surface area contributed by atoms with Crippen LogP contribution in [-0.2, 0) is 28.6 Å². The standard InChI is InChI=1S/C46H79NO7/c1-6-8-10-12-14-16-17-18-19-20-21-22-23-24-25-26-27-29-31-33-35-37-45(49)54-42(40-52-39-38-43(46(50)51)47(3,4)5)41-53-44(48)36-34-32-30-28-15-13-11-9-7-2/h14,16,18-19,21-22,24-25,28,30,42-43H,6-13,15,17,20,23,26-27,29,31-41H2,1-5H3/p+1/b16-14+,19-18+,22-21+,25-24+,30-28+. The zero-order valence-electron chi connectivity index (χ0n) is 35.2. The fourth-order valence-corrected chi connectivity index (χ4v) is 5.78. The average Bonchev–Trinajstić information content (AvgIpc) is 3.12. The van der Waals surface area contributed by atoms with E-state index in [1.165, 1.54) is 51.4 Å². The summed E-state index contributed by atoms with van der Waals surface area (Å²) in [4.78, 5) is 36.8. The second-order valence-corrected chi connectivity index (χ2v) is 15.2. The fourth-order valence-electron chi connectivity index (χ4n) is 5.78. The average molecular weight is 759 g/mol. The second-order valence-electron chi connectivity index (χ2n) is 15.2. The van der Waals surface area contributed by atoms with Gasteiger partial charge in [-0.05, 0) is 77.0 Å². The molecule has 0 rings (SSSR count). The van der Waals surface area contributed by atoms with Gasteiger partial charge in [0.2, 0.25) is 0 Å². The maximum Gasteiger partial charge on any atom is 0.362 e. The molecule has 0 bridgehead atoms. The van der Waals surface area contributed by atoms with Crippen molar-refractivity contribution in [2.24, 2.45) is 0 Å². The molecule has 8 heteroatoms. The Labute approximate surface area is 330 Å². The van der Waals surface area contributed by atoms with Crippen LogP contribution in [-0.4, -0.2) is 80.6 Å². The van der Waals surface area contributed by atoms with Crippen LogP contribution in [0.15, 0.2) is 60.8 Å². The zero-order valence-corrected chi connectivity index (χ0v) is 35.2. The third-order valence-corrected chi connectivity index (χ3v) is 9.14. The smallest absolute Gasteiger partial charge is 0.362 e. The number of allylic oxidation sites excluding steroid dienone is 10. The number of likely N-dealkylation sites (N-methyl/N-ethyl adjacent to an activating group) is 1. The van der Waals surface area contributed by atoms with Crippen LogP contribution in [0.2, 0.25) is 0 Å². The molecule has 0 spiro atoms. The van der Waals surface area contributed by atoms with Crippen LogP contribution in [0.25, 0.3) is 0 Å². The number of ether oxygens (including phenoxy) is 3. The van der Waals surface area contributed by atoms with E-state index in [4.69, 9.17) is 14.2 Å². The SMILES string of the molecule is CCCCC/C=C/C/C=C/C/C=C/C/C=C/CCCCCCCC(=O)OC(COCCC(C(=O)O)[N+](C)(C)C)COC(=O)CCC/C=C/CCCCCC. The van der Waals surface area contributed by atoms with Gasteiger partial charge in [0.05, 0.1) is 34.4 Å². The van der Waals surface area contributed by atoms with Crippen molar-refractivity contribution < 1.29 is 38.2 Å². The molecule has 0 saturated carbocycles. The minimum Gasteiger partial charge on any atom is -0.477 e. The van der Waals surface area contributed by atoms with Gasteiger partial charge in [0.15, 0.2) is 12.1 Å². The van der Waals surface area contributed by atoms with Gasteiger partial charge in [-0.15, -0.1) is 0 Å². The first-order valence-corrected chi connectivity index (χ1v) is 21.3. The summed E-state index contributed by atoms with van der Waals surface area (Å²) in [7, 11) is 5.50. The second kappa shape index (κ2) is 37.0. The van der Waals surface area contributed by atoms with Crippen molar-refractivity contribution in [1.82, 2.24) is 0 Å². The molecule has 0 amide bonds. The number of hydrogen-bond acceptors (Lipinski definition) is 6. The summed E-state index contributed by atoms with van der Waals surface area (Å²) in [5.74, 6) is -1.54. The van der Waals surface area contributed by atoms with Gasteiger partial charge in [0.1, 0.15) is 6.61 Å². The molecule has 0 radical (unpaired) electrons. The molecule has 310 valence electrons. The van der Waals surface area contributed by atoms with E-state index in [1.54, 1.807) is 0 Å². The molecular weight excluding hydrogens is 679 g/mol. The van der Waals surface area contributed by atoms with E-state index in [0.29, 0.717) is 25.7 Å². The first-order chi connectivity index (χ1) is 26.1. The van der Waals surface area contributed by atoms with Crippen molar-refractivity contribution >= 4 is 17.9 Å². The lowest BCUT2D eigenvalue weighted by molar-refractivity contribution is -0.887. The fraction of sp³-hybridized carbons (Fsp3) is 0.717. The lowest BCUT2D eigenvalue weighted by Crippen LogP contribution is -2.50. The Morgan fingerprint density at radius 2 is 1.00 bits per heavy atom. The number of carboxylic acids is 1. The molecule has 0 aliphatic heterocycles. The van der Waals surface area contributed by atoms with Crippen LogP contribution in [0.1, 0.15) is 162 Å². The van der Waals surface area contributed by atoms with E-state index >= 15 is 0 Å².